The molecule has 1 aromatic rings. The van der Waals surface area contributed by atoms with Crippen LogP contribution in [-0.2, 0) is 0 Å². The largest absolute Gasteiger partial charge is 0.386 e. The molecule has 1 aliphatic rings. The number of halogens is 1. The lowest BCUT2D eigenvalue weighted by Gasteiger charge is -2.50. The van der Waals surface area contributed by atoms with Crippen LogP contribution in [0.4, 0.5) is 11.4 Å². The van der Waals surface area contributed by atoms with Crippen LogP contribution in [0.15, 0.2) is 18.2 Å². The molecule has 1 aliphatic heterocycles. The predicted molar refractivity (Wildman–Crippen MR) is 77.8 cm³/mol. The Morgan fingerprint density at radius 3 is 2.56 bits per heavy atom. The minimum Gasteiger partial charge on any atom is -0.386 e. The van der Waals surface area contributed by atoms with Crippen molar-refractivity contribution in [3.63, 3.8) is 0 Å². The highest BCUT2D eigenvalue weighted by Crippen LogP contribution is 2.36. The standard InChI is InChI=1S/C12H15IN2O3/c1-8(2)12(16)6-14(7-12)11-4-3-9(15(17)18)5-10(11)13/h3-5,8,16H,6-7H2,1-2H3. The molecule has 6 heteroatoms. The second-order valence-electron chi connectivity index (χ2n) is 5.01. The summed E-state index contributed by atoms with van der Waals surface area (Å²) >= 11 is 2.09. The maximum Gasteiger partial charge on any atom is 0.270 e. The van der Waals surface area contributed by atoms with Crippen molar-refractivity contribution in [1.29, 1.82) is 0 Å². The number of nitrogens with zero attached hydrogens (tertiary/aromatic N) is 2. The zero-order valence-corrected chi connectivity index (χ0v) is 12.4. The van der Waals surface area contributed by atoms with Crippen molar-refractivity contribution < 1.29 is 10.0 Å². The molecule has 0 aromatic heterocycles. The predicted octanol–water partition coefficient (Wildman–Crippen LogP) is 2.41. The van der Waals surface area contributed by atoms with Crippen molar-refractivity contribution in [3.8, 4) is 0 Å². The number of non-ortho nitro benzene ring substituents is 1. The van der Waals surface area contributed by atoms with Crippen LogP contribution >= 0.6 is 22.6 Å². The normalized spacial score (nSPS) is 17.7. The number of aliphatic hydroxyl groups is 1. The lowest BCUT2D eigenvalue weighted by atomic mass is 9.82. The number of anilines is 1. The summed E-state index contributed by atoms with van der Waals surface area (Å²) in [5.74, 6) is 0.212. The Hall–Kier alpha value is -0.890. The van der Waals surface area contributed by atoms with Crippen LogP contribution < -0.4 is 4.90 Å². The Morgan fingerprint density at radius 2 is 2.11 bits per heavy atom. The van der Waals surface area contributed by atoms with Crippen molar-refractivity contribution >= 4 is 34.0 Å². The van der Waals surface area contributed by atoms with Gasteiger partial charge >= 0.3 is 0 Å². The van der Waals surface area contributed by atoms with E-state index in [4.69, 9.17) is 0 Å². The summed E-state index contributed by atoms with van der Waals surface area (Å²) < 4.78 is 0.840. The molecule has 0 aliphatic carbocycles. The topological polar surface area (TPSA) is 66.6 Å². The van der Waals surface area contributed by atoms with Crippen molar-refractivity contribution in [2.45, 2.75) is 19.4 Å². The molecule has 5 nitrogen and oxygen atoms in total. The number of benzene rings is 1. The summed E-state index contributed by atoms with van der Waals surface area (Å²) in [6.45, 7) is 5.16. The van der Waals surface area contributed by atoms with E-state index in [0.717, 1.165) is 9.26 Å². The zero-order chi connectivity index (χ0) is 13.5. The van der Waals surface area contributed by atoms with Crippen LogP contribution in [0.25, 0.3) is 0 Å². The van der Waals surface area contributed by atoms with Gasteiger partial charge < -0.3 is 10.0 Å². The summed E-state index contributed by atoms with van der Waals surface area (Å²) in [6.07, 6.45) is 0. The number of hydrogen-bond acceptors (Lipinski definition) is 4. The fourth-order valence-corrected chi connectivity index (χ4v) is 2.86. The van der Waals surface area contributed by atoms with Crippen LogP contribution in [-0.4, -0.2) is 28.7 Å². The molecule has 98 valence electrons. The molecule has 0 saturated carbocycles. The van der Waals surface area contributed by atoms with Crippen LogP contribution in [0.5, 0.6) is 0 Å². The third kappa shape index (κ3) is 2.31. The van der Waals surface area contributed by atoms with Crippen LogP contribution in [0, 0.1) is 19.6 Å². The van der Waals surface area contributed by atoms with Gasteiger partial charge in [0.2, 0.25) is 0 Å². The molecule has 2 rings (SSSR count). The molecule has 1 fully saturated rings. The van der Waals surface area contributed by atoms with Crippen molar-refractivity contribution in [3.05, 3.63) is 31.9 Å². The molecule has 0 radical (unpaired) electrons. The SMILES string of the molecule is CC(C)C1(O)CN(c2ccc([N+](=O)[O-])cc2I)C1. The second-order valence-corrected chi connectivity index (χ2v) is 6.17. The maximum absolute atomic E-state index is 10.7. The molecule has 0 bridgehead atoms. The van der Waals surface area contributed by atoms with E-state index in [9.17, 15) is 15.2 Å². The lowest BCUT2D eigenvalue weighted by molar-refractivity contribution is -0.384. The molecule has 1 N–H and O–H groups in total. The van der Waals surface area contributed by atoms with E-state index >= 15 is 0 Å². The number of nitro benzene ring substituents is 1. The highest BCUT2D eigenvalue weighted by atomic mass is 127. The third-order valence-electron chi connectivity index (χ3n) is 3.49. The minimum atomic E-state index is -0.634. The van der Waals surface area contributed by atoms with Gasteiger partial charge in [-0.1, -0.05) is 13.8 Å². The van der Waals surface area contributed by atoms with Gasteiger partial charge in [-0.25, -0.2) is 0 Å². The van der Waals surface area contributed by atoms with Gasteiger partial charge in [0, 0.05) is 28.8 Å². The summed E-state index contributed by atoms with van der Waals surface area (Å²) in [6, 6.07) is 4.81. The van der Waals surface area contributed by atoms with Crippen molar-refractivity contribution in [2.75, 3.05) is 18.0 Å². The van der Waals surface area contributed by atoms with E-state index in [1.807, 2.05) is 18.7 Å². The first-order valence-electron chi connectivity index (χ1n) is 5.75. The summed E-state index contributed by atoms with van der Waals surface area (Å²) in [7, 11) is 0. The average molecular weight is 362 g/mol. The number of nitro groups is 1. The fourth-order valence-electron chi connectivity index (χ4n) is 2.02. The Bertz CT molecular complexity index is 484. The van der Waals surface area contributed by atoms with Gasteiger partial charge in [-0.3, -0.25) is 10.1 Å². The van der Waals surface area contributed by atoms with Gasteiger partial charge in [0.05, 0.1) is 10.6 Å². The molecular formula is C12H15IN2O3. The summed E-state index contributed by atoms with van der Waals surface area (Å²) in [4.78, 5) is 12.3. The van der Waals surface area contributed by atoms with Crippen LogP contribution in [0.1, 0.15) is 13.8 Å². The van der Waals surface area contributed by atoms with Crippen molar-refractivity contribution in [1.82, 2.24) is 0 Å². The van der Waals surface area contributed by atoms with Crippen LogP contribution in [0.3, 0.4) is 0 Å². The Kier molecular flexibility index (Phi) is 3.50. The van der Waals surface area contributed by atoms with Crippen molar-refractivity contribution in [2.24, 2.45) is 5.92 Å². The molecule has 1 heterocycles. The molecule has 18 heavy (non-hydrogen) atoms. The molecular weight excluding hydrogens is 347 g/mol. The Labute approximate surface area is 119 Å². The third-order valence-corrected chi connectivity index (χ3v) is 4.35. The quantitative estimate of drug-likeness (QED) is 0.510. The lowest BCUT2D eigenvalue weighted by Crippen LogP contribution is -2.64. The average Bonchev–Trinajstić information content (AvgIpc) is 2.24. The van der Waals surface area contributed by atoms with Gasteiger partial charge in [-0.05, 0) is 34.6 Å². The van der Waals surface area contributed by atoms with E-state index in [0.29, 0.717) is 13.1 Å². The van der Waals surface area contributed by atoms with E-state index in [1.54, 1.807) is 12.1 Å². The summed E-state index contributed by atoms with van der Waals surface area (Å²) in [5.41, 5.74) is 0.416. The van der Waals surface area contributed by atoms with Crippen LogP contribution in [0.2, 0.25) is 0 Å². The highest BCUT2D eigenvalue weighted by Gasteiger charge is 2.44. The van der Waals surface area contributed by atoms with Gasteiger partial charge in [-0.2, -0.15) is 0 Å². The molecule has 0 spiro atoms. The zero-order valence-electron chi connectivity index (χ0n) is 10.3. The Morgan fingerprint density at radius 1 is 1.50 bits per heavy atom. The number of rotatable bonds is 3. The number of hydrogen-bond donors (Lipinski definition) is 1. The number of β-amino-alcohol motifs (C(OH)–C–C–N with tert-alkyl or cyclic N) is 1. The van der Waals surface area contributed by atoms with E-state index in [-0.39, 0.29) is 11.6 Å². The Balaban J connectivity index is 2.15. The van der Waals surface area contributed by atoms with Gasteiger partial charge in [0.25, 0.3) is 5.69 Å². The molecule has 0 unspecified atom stereocenters. The first-order valence-corrected chi connectivity index (χ1v) is 6.82. The monoisotopic (exact) mass is 362 g/mol. The molecule has 0 atom stereocenters. The van der Waals surface area contributed by atoms with Gasteiger partial charge in [-0.15, -0.1) is 0 Å². The first kappa shape index (κ1) is 13.5. The minimum absolute atomic E-state index is 0.0998. The maximum atomic E-state index is 10.7. The fraction of sp³-hybridized carbons (Fsp3) is 0.500. The summed E-state index contributed by atoms with van der Waals surface area (Å²) in [5, 5.41) is 20.9. The smallest absolute Gasteiger partial charge is 0.270 e. The molecule has 1 aromatic carbocycles. The van der Waals surface area contributed by atoms with Gasteiger partial charge in [0.1, 0.15) is 5.60 Å². The second kappa shape index (κ2) is 4.65. The van der Waals surface area contributed by atoms with E-state index in [2.05, 4.69) is 22.6 Å². The highest BCUT2D eigenvalue weighted by molar-refractivity contribution is 14.1. The first-order chi connectivity index (χ1) is 8.33. The molecule has 1 saturated heterocycles. The van der Waals surface area contributed by atoms with E-state index in [1.165, 1.54) is 6.07 Å². The van der Waals surface area contributed by atoms with Gasteiger partial charge in [0.15, 0.2) is 0 Å². The van der Waals surface area contributed by atoms with E-state index < -0.39 is 10.5 Å². The molecule has 0 amide bonds.